The number of benzene rings is 1. The van der Waals surface area contributed by atoms with E-state index in [-0.39, 0.29) is 30.2 Å². The Morgan fingerprint density at radius 2 is 2.00 bits per heavy atom. The summed E-state index contributed by atoms with van der Waals surface area (Å²) in [6.45, 7) is 5.97. The van der Waals surface area contributed by atoms with Gasteiger partial charge in [0.2, 0.25) is 5.91 Å². The topological polar surface area (TPSA) is 67.2 Å². The third-order valence-corrected chi connectivity index (χ3v) is 3.27. The van der Waals surface area contributed by atoms with Gasteiger partial charge in [-0.05, 0) is 30.5 Å². The highest BCUT2D eigenvalue weighted by Crippen LogP contribution is 2.21. The van der Waals surface area contributed by atoms with Gasteiger partial charge < -0.3 is 15.2 Å². The molecule has 0 radical (unpaired) electrons. The Morgan fingerprint density at radius 1 is 1.32 bits per heavy atom. The fraction of sp³-hybridized carbons (Fsp3) is 0.375. The summed E-state index contributed by atoms with van der Waals surface area (Å²) in [6, 6.07) is 7.91. The lowest BCUT2D eigenvalue weighted by atomic mass is 9.96. The van der Waals surface area contributed by atoms with E-state index in [9.17, 15) is 9.18 Å². The second-order valence-corrected chi connectivity index (χ2v) is 5.53. The maximum absolute atomic E-state index is 13.0. The Labute approximate surface area is 128 Å². The minimum Gasteiger partial charge on any atom is -0.360 e. The summed E-state index contributed by atoms with van der Waals surface area (Å²) in [7, 11) is 0. The van der Waals surface area contributed by atoms with Crippen LogP contribution in [0.5, 0.6) is 0 Å². The molecule has 0 fully saturated rings. The number of anilines is 1. The fourth-order valence-corrected chi connectivity index (χ4v) is 2.22. The van der Waals surface area contributed by atoms with E-state index in [4.69, 9.17) is 4.52 Å². The van der Waals surface area contributed by atoms with Gasteiger partial charge in [0, 0.05) is 12.1 Å². The van der Waals surface area contributed by atoms with Gasteiger partial charge in [0.05, 0.1) is 6.54 Å². The Hall–Kier alpha value is -2.21. The van der Waals surface area contributed by atoms with Crippen LogP contribution < -0.4 is 10.6 Å². The van der Waals surface area contributed by atoms with Crippen molar-refractivity contribution in [2.24, 2.45) is 5.92 Å². The van der Waals surface area contributed by atoms with Gasteiger partial charge in [-0.25, -0.2) is 4.39 Å². The maximum Gasteiger partial charge on any atom is 0.239 e. The molecule has 1 aromatic heterocycles. The van der Waals surface area contributed by atoms with Gasteiger partial charge >= 0.3 is 0 Å². The van der Waals surface area contributed by atoms with E-state index >= 15 is 0 Å². The zero-order valence-electron chi connectivity index (χ0n) is 12.9. The second-order valence-electron chi connectivity index (χ2n) is 5.53. The summed E-state index contributed by atoms with van der Waals surface area (Å²) in [5.41, 5.74) is 0.946. The van der Waals surface area contributed by atoms with Gasteiger partial charge in [0.1, 0.15) is 11.6 Å². The van der Waals surface area contributed by atoms with E-state index in [0.717, 1.165) is 5.56 Å². The van der Waals surface area contributed by atoms with Crippen molar-refractivity contribution in [3.8, 4) is 0 Å². The molecule has 2 aromatic rings. The van der Waals surface area contributed by atoms with Crippen LogP contribution in [-0.2, 0) is 4.79 Å². The summed E-state index contributed by atoms with van der Waals surface area (Å²) in [5, 5.41) is 9.55. The van der Waals surface area contributed by atoms with E-state index in [1.54, 1.807) is 25.1 Å². The molecule has 0 bridgehead atoms. The first kappa shape index (κ1) is 16.2. The smallest absolute Gasteiger partial charge is 0.239 e. The van der Waals surface area contributed by atoms with Crippen LogP contribution in [0.1, 0.15) is 31.2 Å². The van der Waals surface area contributed by atoms with Crippen molar-refractivity contribution >= 4 is 11.7 Å². The molecule has 0 aliphatic heterocycles. The van der Waals surface area contributed by atoms with Gasteiger partial charge in [0.25, 0.3) is 0 Å². The summed E-state index contributed by atoms with van der Waals surface area (Å²) >= 11 is 0. The molecule has 0 aliphatic carbocycles. The molecule has 0 spiro atoms. The van der Waals surface area contributed by atoms with E-state index in [2.05, 4.69) is 15.8 Å². The third kappa shape index (κ3) is 4.39. The number of carbonyl (C=O) groups excluding carboxylic acids is 1. The van der Waals surface area contributed by atoms with Crippen molar-refractivity contribution in [2.45, 2.75) is 26.8 Å². The van der Waals surface area contributed by atoms with E-state index in [0.29, 0.717) is 11.6 Å². The average molecular weight is 305 g/mol. The fourth-order valence-electron chi connectivity index (χ4n) is 2.22. The number of hydrogen-bond acceptors (Lipinski definition) is 4. The number of nitrogens with zero attached hydrogens (tertiary/aromatic N) is 1. The van der Waals surface area contributed by atoms with Crippen LogP contribution in [0.25, 0.3) is 0 Å². The van der Waals surface area contributed by atoms with E-state index < -0.39 is 0 Å². The van der Waals surface area contributed by atoms with Crippen LogP contribution in [0.15, 0.2) is 34.9 Å². The molecule has 1 aromatic carbocycles. The van der Waals surface area contributed by atoms with Gasteiger partial charge in [-0.15, -0.1) is 0 Å². The maximum atomic E-state index is 13.0. The first-order valence-corrected chi connectivity index (χ1v) is 7.17. The van der Waals surface area contributed by atoms with Gasteiger partial charge in [-0.3, -0.25) is 4.79 Å². The lowest BCUT2D eigenvalue weighted by molar-refractivity contribution is -0.115. The van der Waals surface area contributed by atoms with Gasteiger partial charge in [-0.2, -0.15) is 0 Å². The van der Waals surface area contributed by atoms with Crippen LogP contribution in [-0.4, -0.2) is 17.6 Å². The quantitative estimate of drug-likeness (QED) is 0.861. The van der Waals surface area contributed by atoms with Crippen molar-refractivity contribution in [2.75, 3.05) is 11.9 Å². The third-order valence-electron chi connectivity index (χ3n) is 3.27. The Balaban J connectivity index is 1.94. The number of rotatable bonds is 6. The number of aryl methyl sites for hydroxylation is 1. The molecule has 2 N–H and O–H groups in total. The molecule has 0 saturated heterocycles. The number of hydrogen-bond donors (Lipinski definition) is 2. The van der Waals surface area contributed by atoms with Crippen LogP contribution >= 0.6 is 0 Å². The predicted octanol–water partition coefficient (Wildman–Crippen LogP) is 3.05. The largest absolute Gasteiger partial charge is 0.360 e. The molecule has 0 aliphatic rings. The van der Waals surface area contributed by atoms with Crippen LogP contribution in [0.4, 0.5) is 10.2 Å². The first-order chi connectivity index (χ1) is 10.5. The lowest BCUT2D eigenvalue weighted by Gasteiger charge is -2.22. The highest BCUT2D eigenvalue weighted by molar-refractivity contribution is 5.91. The number of aromatic nitrogens is 1. The Morgan fingerprint density at radius 3 is 2.55 bits per heavy atom. The zero-order chi connectivity index (χ0) is 16.1. The molecule has 1 heterocycles. The molecule has 22 heavy (non-hydrogen) atoms. The molecule has 0 saturated carbocycles. The molecule has 0 unspecified atom stereocenters. The van der Waals surface area contributed by atoms with Crippen molar-refractivity contribution in [1.29, 1.82) is 0 Å². The Bertz CT molecular complexity index is 623. The first-order valence-electron chi connectivity index (χ1n) is 7.17. The van der Waals surface area contributed by atoms with Crippen LogP contribution in [0, 0.1) is 18.7 Å². The van der Waals surface area contributed by atoms with E-state index in [1.807, 2.05) is 13.8 Å². The molecule has 1 amide bonds. The summed E-state index contributed by atoms with van der Waals surface area (Å²) in [5.74, 6) is 0.806. The molecule has 1 atom stereocenters. The van der Waals surface area contributed by atoms with Crippen molar-refractivity contribution in [1.82, 2.24) is 10.5 Å². The number of nitrogens with one attached hydrogen (secondary N) is 2. The minimum atomic E-state index is -0.273. The van der Waals surface area contributed by atoms with Crippen LogP contribution in [0.2, 0.25) is 0 Å². The van der Waals surface area contributed by atoms with E-state index in [1.165, 1.54) is 12.1 Å². The second kappa shape index (κ2) is 7.17. The highest BCUT2D eigenvalue weighted by Gasteiger charge is 2.17. The molecular weight excluding hydrogens is 285 g/mol. The number of carbonyl (C=O) groups is 1. The summed E-state index contributed by atoms with van der Waals surface area (Å²) in [6.07, 6.45) is 0. The predicted molar refractivity (Wildman–Crippen MR) is 81.9 cm³/mol. The van der Waals surface area contributed by atoms with Crippen molar-refractivity contribution < 1.29 is 13.7 Å². The number of halogens is 1. The molecule has 6 heteroatoms. The Kier molecular flexibility index (Phi) is 5.27. The molecular formula is C16H20FN3O2. The average Bonchev–Trinajstić information content (AvgIpc) is 2.86. The van der Waals surface area contributed by atoms with Crippen molar-refractivity contribution in [3.63, 3.8) is 0 Å². The van der Waals surface area contributed by atoms with Crippen molar-refractivity contribution in [3.05, 3.63) is 47.5 Å². The molecule has 5 nitrogen and oxygen atoms in total. The normalized spacial score (nSPS) is 12.4. The standard InChI is InChI=1S/C16H20FN3O2/c1-10(2)16(12-4-6-13(17)7-5-12)18-9-15(21)19-14-8-11(3)22-20-14/h4-8,10,16,18H,9H2,1-3H3,(H,19,20,21)/t16-/m1/s1. The molecule has 2 rings (SSSR count). The SMILES string of the molecule is Cc1cc(NC(=O)CN[C@@H](c2ccc(F)cc2)C(C)C)no1. The molecule has 118 valence electrons. The van der Waals surface area contributed by atoms with Gasteiger partial charge in [-0.1, -0.05) is 31.1 Å². The lowest BCUT2D eigenvalue weighted by Crippen LogP contribution is -2.33. The van der Waals surface area contributed by atoms with Gasteiger partial charge in [0.15, 0.2) is 5.82 Å². The monoisotopic (exact) mass is 305 g/mol. The highest BCUT2D eigenvalue weighted by atomic mass is 19.1. The number of amides is 1. The zero-order valence-corrected chi connectivity index (χ0v) is 12.9. The van der Waals surface area contributed by atoms with Crippen LogP contribution in [0.3, 0.4) is 0 Å². The summed E-state index contributed by atoms with van der Waals surface area (Å²) in [4.78, 5) is 11.9. The minimum absolute atomic E-state index is 0.0367. The summed E-state index contributed by atoms with van der Waals surface area (Å²) < 4.78 is 17.9.